The number of nitrogens with zero attached hydrogens (tertiary/aromatic N) is 1. The van der Waals surface area contributed by atoms with Crippen LogP contribution in [-0.2, 0) is 20.6 Å². The van der Waals surface area contributed by atoms with Gasteiger partial charge in [-0.3, -0.25) is 4.79 Å². The van der Waals surface area contributed by atoms with E-state index in [1.54, 1.807) is 30.3 Å². The smallest absolute Gasteiger partial charge is 0.228 e. The number of benzene rings is 2. The second-order valence-electron chi connectivity index (χ2n) is 6.84. The molecule has 0 spiro atoms. The predicted molar refractivity (Wildman–Crippen MR) is 118 cm³/mol. The van der Waals surface area contributed by atoms with Crippen LogP contribution in [0, 0.1) is 5.92 Å². The van der Waals surface area contributed by atoms with Crippen LogP contribution in [0.1, 0.15) is 18.4 Å². The summed E-state index contributed by atoms with van der Waals surface area (Å²) in [5, 5.41) is 4.31. The van der Waals surface area contributed by atoms with Crippen molar-refractivity contribution in [1.29, 1.82) is 0 Å². The molecule has 156 valence electrons. The van der Waals surface area contributed by atoms with Gasteiger partial charge in [0.1, 0.15) is 0 Å². The van der Waals surface area contributed by atoms with Crippen LogP contribution in [0.4, 0.5) is 5.69 Å². The number of hydrogen-bond acceptors (Lipinski definition) is 3. The minimum Gasteiger partial charge on any atom is -0.326 e. The number of hydrogen-bond donors (Lipinski definition) is 1. The van der Waals surface area contributed by atoms with Gasteiger partial charge in [-0.2, -0.15) is 0 Å². The third-order valence-corrected chi connectivity index (χ3v) is 7.45. The van der Waals surface area contributed by atoms with Gasteiger partial charge < -0.3 is 5.32 Å². The molecule has 1 N–H and O–H groups in total. The van der Waals surface area contributed by atoms with E-state index >= 15 is 0 Å². The van der Waals surface area contributed by atoms with Crippen LogP contribution in [0.15, 0.2) is 36.4 Å². The second kappa shape index (κ2) is 9.41. The molecule has 1 amide bonds. The van der Waals surface area contributed by atoms with Crippen molar-refractivity contribution in [1.82, 2.24) is 4.31 Å². The standard InChI is InChI=1S/C19H18Cl4N2O3S/c20-14-4-3-13(18(23)9-14)11-29(27,28)25-5-1-2-12(10-25)19(26)24-17-7-15(21)6-16(22)8-17/h3-4,6-9,12H,1-2,5,10-11H2,(H,24,26)/t12-/m0/s1. The molecule has 1 aliphatic heterocycles. The largest absolute Gasteiger partial charge is 0.326 e. The number of halogens is 4. The first-order valence-electron chi connectivity index (χ1n) is 8.83. The van der Waals surface area contributed by atoms with E-state index in [4.69, 9.17) is 46.4 Å². The monoisotopic (exact) mass is 494 g/mol. The van der Waals surface area contributed by atoms with E-state index in [0.717, 1.165) is 0 Å². The van der Waals surface area contributed by atoms with E-state index in [2.05, 4.69) is 5.32 Å². The van der Waals surface area contributed by atoms with Gasteiger partial charge in [0, 0.05) is 38.9 Å². The molecule has 1 heterocycles. The fourth-order valence-electron chi connectivity index (χ4n) is 3.21. The summed E-state index contributed by atoms with van der Waals surface area (Å²) < 4.78 is 27.1. The van der Waals surface area contributed by atoms with E-state index in [-0.39, 0.29) is 18.2 Å². The molecule has 3 rings (SSSR count). The molecule has 0 unspecified atom stereocenters. The number of carbonyl (C=O) groups is 1. The Morgan fingerprint density at radius 1 is 1.03 bits per heavy atom. The van der Waals surface area contributed by atoms with E-state index in [9.17, 15) is 13.2 Å². The first-order chi connectivity index (χ1) is 13.6. The zero-order chi connectivity index (χ0) is 21.2. The van der Waals surface area contributed by atoms with Crippen LogP contribution in [0.3, 0.4) is 0 Å². The lowest BCUT2D eigenvalue weighted by atomic mass is 9.99. The maximum absolute atomic E-state index is 12.9. The number of nitrogens with one attached hydrogen (secondary N) is 1. The molecule has 29 heavy (non-hydrogen) atoms. The molecule has 2 aromatic carbocycles. The maximum Gasteiger partial charge on any atom is 0.228 e. The van der Waals surface area contributed by atoms with Crippen molar-refractivity contribution in [3.63, 3.8) is 0 Å². The molecule has 1 fully saturated rings. The Hall–Kier alpha value is -1.02. The minimum atomic E-state index is -3.64. The lowest BCUT2D eigenvalue weighted by molar-refractivity contribution is -0.120. The van der Waals surface area contributed by atoms with E-state index in [0.29, 0.717) is 50.7 Å². The summed E-state index contributed by atoms with van der Waals surface area (Å²) in [6.07, 6.45) is 1.18. The number of rotatable bonds is 5. The second-order valence-corrected chi connectivity index (χ2v) is 10.5. The van der Waals surface area contributed by atoms with E-state index in [1.165, 1.54) is 10.4 Å². The van der Waals surface area contributed by atoms with Crippen LogP contribution < -0.4 is 5.32 Å². The molecule has 0 aromatic heterocycles. The Morgan fingerprint density at radius 3 is 2.38 bits per heavy atom. The van der Waals surface area contributed by atoms with Gasteiger partial charge in [0.2, 0.25) is 15.9 Å². The van der Waals surface area contributed by atoms with Crippen LogP contribution in [-0.4, -0.2) is 31.7 Å². The molecule has 0 saturated carbocycles. The van der Waals surface area contributed by atoms with Crippen molar-refractivity contribution in [2.24, 2.45) is 5.92 Å². The maximum atomic E-state index is 12.9. The fourth-order valence-corrected chi connectivity index (χ4v) is 5.93. The lowest BCUT2D eigenvalue weighted by Gasteiger charge is -2.31. The van der Waals surface area contributed by atoms with E-state index < -0.39 is 15.9 Å². The highest BCUT2D eigenvalue weighted by Crippen LogP contribution is 2.28. The van der Waals surface area contributed by atoms with Crippen LogP contribution in [0.2, 0.25) is 20.1 Å². The third kappa shape index (κ3) is 6.00. The molecule has 1 saturated heterocycles. The molecule has 1 atom stereocenters. The third-order valence-electron chi connectivity index (χ3n) is 4.63. The average Bonchev–Trinajstić information content (AvgIpc) is 2.63. The Kier molecular flexibility index (Phi) is 7.36. The number of sulfonamides is 1. The van der Waals surface area contributed by atoms with Gasteiger partial charge in [-0.25, -0.2) is 12.7 Å². The highest BCUT2D eigenvalue weighted by atomic mass is 35.5. The Morgan fingerprint density at radius 2 is 1.72 bits per heavy atom. The number of amides is 1. The van der Waals surface area contributed by atoms with Crippen LogP contribution in [0.25, 0.3) is 0 Å². The van der Waals surface area contributed by atoms with Gasteiger partial charge in [-0.15, -0.1) is 0 Å². The number of piperidine rings is 1. The minimum absolute atomic E-state index is 0.105. The topological polar surface area (TPSA) is 66.5 Å². The molecule has 1 aliphatic rings. The van der Waals surface area contributed by atoms with Crippen LogP contribution in [0.5, 0.6) is 0 Å². The molecule has 5 nitrogen and oxygen atoms in total. The molecular weight excluding hydrogens is 478 g/mol. The van der Waals surface area contributed by atoms with Gasteiger partial charge in [0.25, 0.3) is 0 Å². The Labute approximate surface area is 189 Å². The number of carbonyl (C=O) groups excluding carboxylic acids is 1. The van der Waals surface area contributed by atoms with Crippen molar-refractivity contribution in [2.45, 2.75) is 18.6 Å². The Bertz CT molecular complexity index is 1010. The first-order valence-corrected chi connectivity index (χ1v) is 11.9. The first kappa shape index (κ1) is 22.7. The summed E-state index contributed by atoms with van der Waals surface area (Å²) in [5.41, 5.74) is 0.941. The van der Waals surface area contributed by atoms with Crippen molar-refractivity contribution in [3.05, 3.63) is 62.1 Å². The fraction of sp³-hybridized carbons (Fsp3) is 0.316. The molecule has 10 heteroatoms. The lowest BCUT2D eigenvalue weighted by Crippen LogP contribution is -2.44. The molecule has 0 radical (unpaired) electrons. The van der Waals surface area contributed by atoms with Crippen molar-refractivity contribution in [2.75, 3.05) is 18.4 Å². The Balaban J connectivity index is 1.69. The van der Waals surface area contributed by atoms with Crippen LogP contribution >= 0.6 is 46.4 Å². The van der Waals surface area contributed by atoms with Gasteiger partial charge in [0.15, 0.2) is 0 Å². The zero-order valence-corrected chi connectivity index (χ0v) is 19.0. The summed E-state index contributed by atoms with van der Waals surface area (Å²) in [5.74, 6) is -0.994. The summed E-state index contributed by atoms with van der Waals surface area (Å²) in [6.45, 7) is 0.466. The highest BCUT2D eigenvalue weighted by molar-refractivity contribution is 7.88. The van der Waals surface area contributed by atoms with E-state index in [1.807, 2.05) is 0 Å². The molecular formula is C19H18Cl4N2O3S. The summed E-state index contributed by atoms with van der Waals surface area (Å²) >= 11 is 23.9. The van der Waals surface area contributed by atoms with Gasteiger partial charge in [-0.1, -0.05) is 52.5 Å². The molecule has 2 aromatic rings. The normalized spacial score (nSPS) is 17.9. The zero-order valence-electron chi connectivity index (χ0n) is 15.2. The average molecular weight is 496 g/mol. The quantitative estimate of drug-likeness (QED) is 0.597. The predicted octanol–water partition coefficient (Wildman–Crippen LogP) is 5.48. The van der Waals surface area contributed by atoms with Gasteiger partial charge in [-0.05, 0) is 48.7 Å². The summed E-state index contributed by atoms with van der Waals surface area (Å²) in [7, 11) is -3.64. The SMILES string of the molecule is O=C(Nc1cc(Cl)cc(Cl)c1)[C@H]1CCCN(S(=O)(=O)Cc2ccc(Cl)cc2Cl)C1. The van der Waals surface area contributed by atoms with Crippen molar-refractivity contribution < 1.29 is 13.2 Å². The summed E-state index contributed by atoms with van der Waals surface area (Å²) in [6, 6.07) is 9.45. The molecule has 0 bridgehead atoms. The van der Waals surface area contributed by atoms with Gasteiger partial charge in [0.05, 0.1) is 11.7 Å². The highest BCUT2D eigenvalue weighted by Gasteiger charge is 2.32. The number of anilines is 1. The summed E-state index contributed by atoms with van der Waals surface area (Å²) in [4.78, 5) is 12.7. The van der Waals surface area contributed by atoms with Crippen molar-refractivity contribution in [3.8, 4) is 0 Å². The van der Waals surface area contributed by atoms with Crippen molar-refractivity contribution >= 4 is 68.0 Å². The molecule has 0 aliphatic carbocycles. The van der Waals surface area contributed by atoms with Gasteiger partial charge >= 0.3 is 0 Å².